The SMILES string of the molecule is CC1(C)Cc2c3c(cc(C(=O)Nc4ccc(C(F)(F)F)cc4F)c2O1)NC(Nc1c(F)cccc1Cl)N3. The summed E-state index contributed by atoms with van der Waals surface area (Å²) in [5.74, 6) is -2.30. The highest BCUT2D eigenvalue weighted by molar-refractivity contribution is 6.33. The van der Waals surface area contributed by atoms with Crippen LogP contribution in [-0.4, -0.2) is 17.8 Å². The summed E-state index contributed by atoms with van der Waals surface area (Å²) in [6.07, 6.45) is -5.00. The number of halogens is 6. The van der Waals surface area contributed by atoms with Crippen LogP contribution in [0.15, 0.2) is 42.5 Å². The number of alkyl halides is 3. The molecule has 1 amide bonds. The van der Waals surface area contributed by atoms with E-state index in [0.717, 1.165) is 6.07 Å². The molecular formula is C25H20ClF5N4O2. The Hall–Kier alpha value is -3.73. The number of fused-ring (bicyclic) bond motifs is 3. The molecule has 37 heavy (non-hydrogen) atoms. The first-order valence-corrected chi connectivity index (χ1v) is 11.5. The normalized spacial score (nSPS) is 17.2. The number of carbonyl (C=O) groups excluding carboxylic acids is 1. The van der Waals surface area contributed by atoms with E-state index in [1.165, 1.54) is 24.3 Å². The van der Waals surface area contributed by atoms with E-state index >= 15 is 0 Å². The van der Waals surface area contributed by atoms with Gasteiger partial charge < -0.3 is 26.0 Å². The quantitative estimate of drug-likeness (QED) is 0.274. The molecule has 0 saturated heterocycles. The second-order valence-corrected chi connectivity index (χ2v) is 9.71. The molecule has 4 N–H and O–H groups in total. The summed E-state index contributed by atoms with van der Waals surface area (Å²) in [7, 11) is 0. The lowest BCUT2D eigenvalue weighted by atomic mass is 9.97. The average Bonchev–Trinajstić information content (AvgIpc) is 3.35. The Balaban J connectivity index is 1.45. The van der Waals surface area contributed by atoms with Gasteiger partial charge in [0, 0.05) is 12.0 Å². The van der Waals surface area contributed by atoms with Crippen molar-refractivity contribution in [2.24, 2.45) is 0 Å². The average molecular weight is 539 g/mol. The van der Waals surface area contributed by atoms with E-state index in [-0.39, 0.29) is 22.0 Å². The van der Waals surface area contributed by atoms with Crippen LogP contribution in [-0.2, 0) is 12.6 Å². The predicted octanol–water partition coefficient (Wildman–Crippen LogP) is 6.84. The lowest BCUT2D eigenvalue weighted by Crippen LogP contribution is -2.32. The molecule has 2 heterocycles. The molecule has 0 spiro atoms. The van der Waals surface area contributed by atoms with Crippen LogP contribution in [0.5, 0.6) is 5.75 Å². The monoisotopic (exact) mass is 538 g/mol. The van der Waals surface area contributed by atoms with Gasteiger partial charge in [0.05, 0.1) is 38.9 Å². The Morgan fingerprint density at radius 1 is 1.11 bits per heavy atom. The molecule has 6 nitrogen and oxygen atoms in total. The maximum absolute atomic E-state index is 14.4. The number of amides is 1. The van der Waals surface area contributed by atoms with Crippen LogP contribution < -0.4 is 26.0 Å². The molecule has 1 atom stereocenters. The van der Waals surface area contributed by atoms with E-state index in [0.29, 0.717) is 35.5 Å². The Bertz CT molecular complexity index is 1410. The lowest BCUT2D eigenvalue weighted by Gasteiger charge is -2.18. The minimum absolute atomic E-state index is 0.0532. The standard InChI is InChI=1S/C25H20ClF5N4O2/c1-24(2)10-13-19-18(33-23(34-19)35-20-14(26)4-3-5-15(20)27)9-12(21(13)37-24)22(36)32-17-7-6-11(8-16(17)28)25(29,30)31/h3-9,23,33-35H,10H2,1-2H3,(H,32,36). The first-order chi connectivity index (χ1) is 17.3. The maximum atomic E-state index is 14.4. The summed E-state index contributed by atoms with van der Waals surface area (Å²) in [5.41, 5.74) is -0.348. The summed E-state index contributed by atoms with van der Waals surface area (Å²) >= 11 is 6.12. The maximum Gasteiger partial charge on any atom is 0.416 e. The first kappa shape index (κ1) is 24.9. The molecule has 5 rings (SSSR count). The van der Waals surface area contributed by atoms with Crippen LogP contribution >= 0.6 is 11.6 Å². The minimum Gasteiger partial charge on any atom is -0.486 e. The van der Waals surface area contributed by atoms with Gasteiger partial charge in [-0.2, -0.15) is 13.2 Å². The Morgan fingerprint density at radius 3 is 2.54 bits per heavy atom. The van der Waals surface area contributed by atoms with E-state index in [4.69, 9.17) is 16.3 Å². The number of anilines is 4. The third-order valence-corrected chi connectivity index (χ3v) is 6.30. The Morgan fingerprint density at radius 2 is 1.86 bits per heavy atom. The van der Waals surface area contributed by atoms with Crippen molar-refractivity contribution in [2.75, 3.05) is 21.3 Å². The van der Waals surface area contributed by atoms with Gasteiger partial charge in [0.2, 0.25) is 0 Å². The zero-order chi connectivity index (χ0) is 26.7. The highest BCUT2D eigenvalue weighted by Crippen LogP contribution is 2.48. The van der Waals surface area contributed by atoms with Crippen LogP contribution in [0.2, 0.25) is 5.02 Å². The summed E-state index contributed by atoms with van der Waals surface area (Å²) in [6, 6.07) is 7.60. The number of nitrogens with one attached hydrogen (secondary N) is 4. The van der Waals surface area contributed by atoms with Crippen molar-refractivity contribution in [3.05, 3.63) is 75.8 Å². The van der Waals surface area contributed by atoms with Crippen LogP contribution in [0.25, 0.3) is 0 Å². The van der Waals surface area contributed by atoms with E-state index in [1.54, 1.807) is 0 Å². The van der Waals surface area contributed by atoms with Gasteiger partial charge in [-0.3, -0.25) is 4.79 Å². The molecule has 0 fully saturated rings. The summed E-state index contributed by atoms with van der Waals surface area (Å²) in [4.78, 5) is 13.2. The second-order valence-electron chi connectivity index (χ2n) is 9.30. The molecule has 0 aliphatic carbocycles. The first-order valence-electron chi connectivity index (χ1n) is 11.1. The number of para-hydroxylation sites is 1. The largest absolute Gasteiger partial charge is 0.486 e. The molecule has 0 saturated carbocycles. The molecule has 2 aliphatic rings. The number of rotatable bonds is 4. The third kappa shape index (κ3) is 4.71. The number of ether oxygens (including phenoxy) is 1. The van der Waals surface area contributed by atoms with Gasteiger partial charge in [-0.1, -0.05) is 17.7 Å². The van der Waals surface area contributed by atoms with Gasteiger partial charge in [-0.05, 0) is 50.2 Å². The zero-order valence-corrected chi connectivity index (χ0v) is 20.2. The topological polar surface area (TPSA) is 74.4 Å². The smallest absolute Gasteiger partial charge is 0.416 e. The minimum atomic E-state index is -4.72. The highest BCUT2D eigenvalue weighted by atomic mass is 35.5. The summed E-state index contributed by atoms with van der Waals surface area (Å²) in [5, 5.41) is 11.7. The molecule has 3 aromatic rings. The van der Waals surface area contributed by atoms with Crippen molar-refractivity contribution < 1.29 is 31.5 Å². The lowest BCUT2D eigenvalue weighted by molar-refractivity contribution is -0.137. The van der Waals surface area contributed by atoms with E-state index in [9.17, 15) is 26.7 Å². The van der Waals surface area contributed by atoms with Crippen molar-refractivity contribution >= 4 is 40.3 Å². The zero-order valence-electron chi connectivity index (χ0n) is 19.4. The van der Waals surface area contributed by atoms with E-state index in [2.05, 4.69) is 21.3 Å². The van der Waals surface area contributed by atoms with Crippen molar-refractivity contribution in [3.63, 3.8) is 0 Å². The van der Waals surface area contributed by atoms with Gasteiger partial charge in [0.1, 0.15) is 23.0 Å². The molecule has 0 bridgehead atoms. The van der Waals surface area contributed by atoms with Crippen LogP contribution in [0.1, 0.15) is 35.3 Å². The Kier molecular flexibility index (Phi) is 5.86. The van der Waals surface area contributed by atoms with Crippen molar-refractivity contribution in [1.82, 2.24) is 0 Å². The fourth-order valence-electron chi connectivity index (χ4n) is 4.36. The molecular weight excluding hydrogens is 519 g/mol. The van der Waals surface area contributed by atoms with Crippen molar-refractivity contribution in [2.45, 2.75) is 38.3 Å². The molecule has 1 unspecified atom stereocenters. The van der Waals surface area contributed by atoms with E-state index < -0.39 is 46.9 Å². The second kappa shape index (κ2) is 8.69. The summed E-state index contributed by atoms with van der Waals surface area (Å²) < 4.78 is 73.3. The van der Waals surface area contributed by atoms with Crippen LogP contribution in [0, 0.1) is 11.6 Å². The fourth-order valence-corrected chi connectivity index (χ4v) is 4.58. The van der Waals surface area contributed by atoms with Gasteiger partial charge >= 0.3 is 6.18 Å². The Labute approximate surface area is 213 Å². The van der Waals surface area contributed by atoms with Gasteiger partial charge in [-0.15, -0.1) is 0 Å². The van der Waals surface area contributed by atoms with Crippen LogP contribution in [0.3, 0.4) is 0 Å². The molecule has 12 heteroatoms. The van der Waals surface area contributed by atoms with Crippen molar-refractivity contribution in [1.29, 1.82) is 0 Å². The highest BCUT2D eigenvalue weighted by Gasteiger charge is 2.39. The van der Waals surface area contributed by atoms with Crippen molar-refractivity contribution in [3.8, 4) is 5.75 Å². The molecule has 0 aromatic heterocycles. The van der Waals surface area contributed by atoms with Gasteiger partial charge in [0.15, 0.2) is 6.29 Å². The summed E-state index contributed by atoms with van der Waals surface area (Å²) in [6.45, 7) is 3.65. The molecule has 3 aromatic carbocycles. The van der Waals surface area contributed by atoms with E-state index in [1.807, 2.05) is 13.8 Å². The molecule has 194 valence electrons. The number of hydrogen-bond donors (Lipinski definition) is 4. The van der Waals surface area contributed by atoms with Gasteiger partial charge in [0.25, 0.3) is 5.91 Å². The number of carbonyl (C=O) groups is 1. The number of benzene rings is 3. The third-order valence-electron chi connectivity index (χ3n) is 5.99. The predicted molar refractivity (Wildman–Crippen MR) is 130 cm³/mol. The fraction of sp³-hybridized carbons (Fsp3) is 0.240. The van der Waals surface area contributed by atoms with Crippen LogP contribution in [0.4, 0.5) is 44.7 Å². The number of hydrogen-bond acceptors (Lipinski definition) is 5. The molecule has 2 aliphatic heterocycles. The molecule has 0 radical (unpaired) electrons. The van der Waals surface area contributed by atoms with Gasteiger partial charge in [-0.25, -0.2) is 8.78 Å².